The van der Waals surface area contributed by atoms with Crippen LogP contribution in [0.1, 0.15) is 19.4 Å². The van der Waals surface area contributed by atoms with Gasteiger partial charge in [-0.05, 0) is 32.1 Å². The van der Waals surface area contributed by atoms with Crippen LogP contribution >= 0.6 is 0 Å². The van der Waals surface area contributed by atoms with E-state index in [1.807, 2.05) is 0 Å². The van der Waals surface area contributed by atoms with Crippen LogP contribution in [0, 0.1) is 0 Å². The van der Waals surface area contributed by atoms with Crippen molar-refractivity contribution < 1.29 is 28.5 Å². The van der Waals surface area contributed by atoms with Crippen molar-refractivity contribution in [3.63, 3.8) is 0 Å². The summed E-state index contributed by atoms with van der Waals surface area (Å²) in [5.74, 6) is 0.365. The smallest absolute Gasteiger partial charge is 0.340 e. The lowest BCUT2D eigenvalue weighted by molar-refractivity contribution is -0.138. The number of hydrogen-bond acceptors (Lipinski definition) is 6. The van der Waals surface area contributed by atoms with Crippen molar-refractivity contribution in [2.24, 2.45) is 0 Å². The number of nitrogens with zero attached hydrogens (tertiary/aromatic N) is 1. The van der Waals surface area contributed by atoms with Gasteiger partial charge >= 0.3 is 5.97 Å². The molecule has 0 radical (unpaired) electrons. The SMILES string of the molecule is CCOC(=O)C1=C(C)N(CCOC)C(=O)C1=Cc1ccc(OC)cc1OC. The fourth-order valence-corrected chi connectivity index (χ4v) is 2.87. The molecule has 0 N–H and O–H groups in total. The zero-order valence-electron chi connectivity index (χ0n) is 16.3. The van der Waals surface area contributed by atoms with E-state index in [2.05, 4.69) is 0 Å². The van der Waals surface area contributed by atoms with Gasteiger partial charge in [0.05, 0.1) is 38.6 Å². The number of methoxy groups -OCH3 is 3. The van der Waals surface area contributed by atoms with E-state index in [1.165, 1.54) is 12.0 Å². The molecular formula is C20H25NO6. The molecule has 7 nitrogen and oxygen atoms in total. The van der Waals surface area contributed by atoms with Crippen molar-refractivity contribution in [3.05, 3.63) is 40.6 Å². The van der Waals surface area contributed by atoms with Gasteiger partial charge in [-0.1, -0.05) is 0 Å². The minimum atomic E-state index is -0.526. The first-order valence-corrected chi connectivity index (χ1v) is 8.61. The first-order chi connectivity index (χ1) is 13.0. The molecule has 0 bridgehead atoms. The molecule has 0 fully saturated rings. The Labute approximate surface area is 159 Å². The molecule has 1 aliphatic rings. The Morgan fingerprint density at radius 3 is 2.52 bits per heavy atom. The molecule has 1 aromatic carbocycles. The zero-order chi connectivity index (χ0) is 20.0. The fourth-order valence-electron chi connectivity index (χ4n) is 2.87. The summed E-state index contributed by atoms with van der Waals surface area (Å²) in [4.78, 5) is 27.0. The number of benzene rings is 1. The van der Waals surface area contributed by atoms with Gasteiger partial charge < -0.3 is 23.8 Å². The maximum atomic E-state index is 13.0. The van der Waals surface area contributed by atoms with Gasteiger partial charge in [-0.25, -0.2) is 4.79 Å². The Kier molecular flexibility index (Phi) is 7.01. The Morgan fingerprint density at radius 1 is 1.19 bits per heavy atom. The number of carbonyl (C=O) groups excluding carboxylic acids is 2. The van der Waals surface area contributed by atoms with Crippen LogP contribution < -0.4 is 9.47 Å². The Bertz CT molecular complexity index is 781. The summed E-state index contributed by atoms with van der Waals surface area (Å²) in [6.45, 7) is 4.38. The van der Waals surface area contributed by atoms with Crippen molar-refractivity contribution in [3.8, 4) is 11.5 Å². The number of ether oxygens (including phenoxy) is 4. The van der Waals surface area contributed by atoms with Crippen LogP contribution in [0.2, 0.25) is 0 Å². The van der Waals surface area contributed by atoms with E-state index in [-0.39, 0.29) is 23.7 Å². The van der Waals surface area contributed by atoms with Gasteiger partial charge in [0.25, 0.3) is 5.91 Å². The molecule has 0 saturated heterocycles. The Hall–Kier alpha value is -2.80. The maximum absolute atomic E-state index is 13.0. The lowest BCUT2D eigenvalue weighted by atomic mass is 10.0. The normalized spacial score (nSPS) is 15.5. The first-order valence-electron chi connectivity index (χ1n) is 8.61. The lowest BCUT2D eigenvalue weighted by Crippen LogP contribution is -2.28. The third-order valence-corrected chi connectivity index (χ3v) is 4.25. The van der Waals surface area contributed by atoms with E-state index in [9.17, 15) is 9.59 Å². The van der Waals surface area contributed by atoms with Crippen LogP contribution in [0.3, 0.4) is 0 Å². The van der Waals surface area contributed by atoms with Crippen LogP contribution in [-0.2, 0) is 19.1 Å². The van der Waals surface area contributed by atoms with Gasteiger partial charge in [0, 0.05) is 31.0 Å². The summed E-state index contributed by atoms with van der Waals surface area (Å²) in [5.41, 5.74) is 1.74. The summed E-state index contributed by atoms with van der Waals surface area (Å²) < 4.78 is 20.8. The first kappa shape index (κ1) is 20.5. The molecular weight excluding hydrogens is 350 g/mol. The second-order valence-corrected chi connectivity index (χ2v) is 5.80. The Morgan fingerprint density at radius 2 is 1.93 bits per heavy atom. The van der Waals surface area contributed by atoms with Crippen LogP contribution in [-0.4, -0.2) is 57.9 Å². The highest BCUT2D eigenvalue weighted by molar-refractivity contribution is 6.16. The molecule has 0 unspecified atom stereocenters. The highest BCUT2D eigenvalue weighted by Crippen LogP contribution is 2.34. The molecule has 27 heavy (non-hydrogen) atoms. The number of amides is 1. The van der Waals surface area contributed by atoms with E-state index >= 15 is 0 Å². The molecule has 1 amide bonds. The molecule has 0 saturated carbocycles. The average molecular weight is 375 g/mol. The molecule has 146 valence electrons. The largest absolute Gasteiger partial charge is 0.497 e. The zero-order valence-corrected chi connectivity index (χ0v) is 16.3. The van der Waals surface area contributed by atoms with Crippen molar-refractivity contribution in [1.82, 2.24) is 4.90 Å². The minimum Gasteiger partial charge on any atom is -0.497 e. The van der Waals surface area contributed by atoms with Gasteiger partial charge in [-0.2, -0.15) is 0 Å². The van der Waals surface area contributed by atoms with Crippen molar-refractivity contribution in [2.75, 3.05) is 41.1 Å². The number of carbonyl (C=O) groups is 2. The average Bonchev–Trinajstić information content (AvgIpc) is 2.90. The van der Waals surface area contributed by atoms with Crippen molar-refractivity contribution in [2.45, 2.75) is 13.8 Å². The molecule has 1 aromatic rings. The molecule has 7 heteroatoms. The van der Waals surface area contributed by atoms with E-state index in [0.717, 1.165) is 0 Å². The molecule has 2 rings (SSSR count). The van der Waals surface area contributed by atoms with Crippen LogP contribution in [0.15, 0.2) is 35.0 Å². The second-order valence-electron chi connectivity index (χ2n) is 5.80. The van der Waals surface area contributed by atoms with Gasteiger partial charge in [-0.3, -0.25) is 4.79 Å². The van der Waals surface area contributed by atoms with Crippen molar-refractivity contribution in [1.29, 1.82) is 0 Å². The van der Waals surface area contributed by atoms with E-state index in [1.54, 1.807) is 52.3 Å². The molecule has 0 aliphatic carbocycles. The van der Waals surface area contributed by atoms with Crippen molar-refractivity contribution >= 4 is 18.0 Å². The summed E-state index contributed by atoms with van der Waals surface area (Å²) in [6.07, 6.45) is 1.64. The number of allylic oxidation sites excluding steroid dienone is 1. The predicted octanol–water partition coefficient (Wildman–Crippen LogP) is 2.41. The predicted molar refractivity (Wildman–Crippen MR) is 100 cm³/mol. The quantitative estimate of drug-likeness (QED) is 0.513. The van der Waals surface area contributed by atoms with E-state index < -0.39 is 5.97 Å². The number of rotatable bonds is 8. The molecule has 1 aliphatic heterocycles. The van der Waals surface area contributed by atoms with Crippen LogP contribution in [0.4, 0.5) is 0 Å². The Balaban J connectivity index is 2.53. The summed E-state index contributed by atoms with van der Waals surface area (Å²) in [5, 5.41) is 0. The molecule has 1 heterocycles. The van der Waals surface area contributed by atoms with Crippen LogP contribution in [0.25, 0.3) is 6.08 Å². The van der Waals surface area contributed by atoms with E-state index in [0.29, 0.717) is 35.9 Å². The molecule has 0 atom stereocenters. The lowest BCUT2D eigenvalue weighted by Gasteiger charge is -2.17. The number of hydrogen-bond donors (Lipinski definition) is 0. The standard InChI is InChI=1S/C20H25NO6/c1-6-27-20(23)18-13(2)21(9-10-24-3)19(22)16(18)11-14-7-8-15(25-4)12-17(14)26-5/h7-8,11-12H,6,9-10H2,1-5H3. The summed E-state index contributed by atoms with van der Waals surface area (Å²) in [6, 6.07) is 5.25. The third kappa shape index (κ3) is 4.31. The second kappa shape index (κ2) is 9.23. The highest BCUT2D eigenvalue weighted by atomic mass is 16.5. The number of esters is 1. The topological polar surface area (TPSA) is 74.3 Å². The van der Waals surface area contributed by atoms with Gasteiger partial charge in [0.15, 0.2) is 0 Å². The molecule has 0 spiro atoms. The summed E-state index contributed by atoms with van der Waals surface area (Å²) >= 11 is 0. The van der Waals surface area contributed by atoms with E-state index in [4.69, 9.17) is 18.9 Å². The van der Waals surface area contributed by atoms with Crippen LogP contribution in [0.5, 0.6) is 11.5 Å². The molecule has 0 aromatic heterocycles. The third-order valence-electron chi connectivity index (χ3n) is 4.25. The van der Waals surface area contributed by atoms with Gasteiger partial charge in [-0.15, -0.1) is 0 Å². The highest BCUT2D eigenvalue weighted by Gasteiger charge is 2.37. The fraction of sp³-hybridized carbons (Fsp3) is 0.400. The summed E-state index contributed by atoms with van der Waals surface area (Å²) in [7, 11) is 4.66. The van der Waals surface area contributed by atoms with Gasteiger partial charge in [0.1, 0.15) is 11.5 Å². The minimum absolute atomic E-state index is 0.223. The maximum Gasteiger partial charge on any atom is 0.340 e. The van der Waals surface area contributed by atoms with Gasteiger partial charge in [0.2, 0.25) is 0 Å². The monoisotopic (exact) mass is 375 g/mol.